The molecular weight excluding hydrogens is 451 g/mol. The first-order valence-electron chi connectivity index (χ1n) is 9.80. The Balaban J connectivity index is 1.72. The Labute approximate surface area is 194 Å². The number of esters is 1. The molecule has 0 bridgehead atoms. The van der Waals surface area contributed by atoms with Gasteiger partial charge >= 0.3 is 5.97 Å². The lowest BCUT2D eigenvalue weighted by Crippen LogP contribution is -2.30. The number of ether oxygens (including phenoxy) is 2. The van der Waals surface area contributed by atoms with E-state index in [9.17, 15) is 9.59 Å². The number of halogens is 2. The Hall–Kier alpha value is -3.28. The minimum Gasteiger partial charge on any atom is -0.477 e. The van der Waals surface area contributed by atoms with Crippen LogP contribution in [0, 0.1) is 6.92 Å². The first-order valence-corrected chi connectivity index (χ1v) is 10.6. The first-order chi connectivity index (χ1) is 15.3. The third-order valence-electron chi connectivity index (χ3n) is 4.77. The van der Waals surface area contributed by atoms with Crippen molar-refractivity contribution in [1.82, 2.24) is 0 Å². The number of rotatable bonds is 5. The lowest BCUT2D eigenvalue weighted by molar-refractivity contribution is -0.141. The molecule has 0 radical (unpaired) electrons. The van der Waals surface area contributed by atoms with Crippen LogP contribution in [0.3, 0.4) is 0 Å². The van der Waals surface area contributed by atoms with Gasteiger partial charge in [-0.15, -0.1) is 0 Å². The van der Waals surface area contributed by atoms with Crippen molar-refractivity contribution in [3.05, 3.63) is 92.6 Å². The second-order valence-corrected chi connectivity index (χ2v) is 8.05. The Kier molecular flexibility index (Phi) is 6.21. The second kappa shape index (κ2) is 9.07. The molecule has 7 heteroatoms. The molecule has 0 saturated carbocycles. The Bertz CT molecular complexity index is 1360. The van der Waals surface area contributed by atoms with Crippen molar-refractivity contribution in [2.45, 2.75) is 20.0 Å². The van der Waals surface area contributed by atoms with Crippen LogP contribution < -0.4 is 14.9 Å². The number of aryl methyl sites for hydroxylation is 1. The fourth-order valence-electron chi connectivity index (χ4n) is 3.15. The zero-order chi connectivity index (χ0) is 22.8. The van der Waals surface area contributed by atoms with E-state index >= 15 is 0 Å². The van der Waals surface area contributed by atoms with Crippen LogP contribution in [0.5, 0.6) is 11.5 Å². The van der Waals surface area contributed by atoms with E-state index in [0.717, 1.165) is 5.56 Å². The quantitative estimate of drug-likeness (QED) is 0.315. The summed E-state index contributed by atoms with van der Waals surface area (Å²) in [4.78, 5) is 26.1. The van der Waals surface area contributed by atoms with Crippen LogP contribution >= 0.6 is 23.2 Å². The van der Waals surface area contributed by atoms with Gasteiger partial charge in [0, 0.05) is 10.6 Å². The minimum atomic E-state index is -1.05. The maximum Gasteiger partial charge on any atom is 0.352 e. The highest BCUT2D eigenvalue weighted by molar-refractivity contribution is 6.35. The molecule has 0 amide bonds. The predicted molar refractivity (Wildman–Crippen MR) is 125 cm³/mol. The molecule has 0 spiro atoms. The van der Waals surface area contributed by atoms with Gasteiger partial charge in [0.1, 0.15) is 11.3 Å². The highest BCUT2D eigenvalue weighted by atomic mass is 35.5. The molecule has 0 unspecified atom stereocenters. The van der Waals surface area contributed by atoms with Crippen LogP contribution in [0.1, 0.15) is 12.5 Å². The minimum absolute atomic E-state index is 0.166. The van der Waals surface area contributed by atoms with E-state index in [1.807, 2.05) is 13.0 Å². The van der Waals surface area contributed by atoms with E-state index in [0.29, 0.717) is 21.6 Å². The lowest BCUT2D eigenvalue weighted by Gasteiger charge is -2.16. The molecule has 1 aromatic heterocycles. The monoisotopic (exact) mass is 468 g/mol. The van der Waals surface area contributed by atoms with Gasteiger partial charge in [-0.05, 0) is 49.7 Å². The first kappa shape index (κ1) is 21.9. The molecule has 4 aromatic rings. The molecule has 162 valence electrons. The zero-order valence-corrected chi connectivity index (χ0v) is 18.7. The standard InChI is InChI=1S/C25H18Cl2O5/c1-14-8-10-18-21(12-14)31-23(16-6-4-3-5-7-16)24(22(18)28)32-25(29)15(2)30-20-11-9-17(26)13-19(20)27/h3-13,15H,1-2H3/t15-/m0/s1. The van der Waals surface area contributed by atoms with Crippen molar-refractivity contribution in [3.63, 3.8) is 0 Å². The van der Waals surface area contributed by atoms with Gasteiger partial charge in [-0.2, -0.15) is 0 Å². The fourth-order valence-corrected chi connectivity index (χ4v) is 3.60. The Morgan fingerprint density at radius 1 is 1.00 bits per heavy atom. The van der Waals surface area contributed by atoms with Crippen LogP contribution in [0.25, 0.3) is 22.3 Å². The number of carbonyl (C=O) groups excluding carboxylic acids is 1. The summed E-state index contributed by atoms with van der Waals surface area (Å²) in [6.45, 7) is 3.40. The second-order valence-electron chi connectivity index (χ2n) is 7.21. The summed E-state index contributed by atoms with van der Waals surface area (Å²) in [7, 11) is 0. The molecule has 0 fully saturated rings. The van der Waals surface area contributed by atoms with Crippen LogP contribution in [0.15, 0.2) is 75.9 Å². The summed E-state index contributed by atoms with van der Waals surface area (Å²) < 4.78 is 17.2. The van der Waals surface area contributed by atoms with E-state index in [1.54, 1.807) is 54.6 Å². The maximum atomic E-state index is 13.2. The fraction of sp³-hybridized carbons (Fsp3) is 0.120. The molecule has 1 atom stereocenters. The largest absolute Gasteiger partial charge is 0.477 e. The normalized spacial score (nSPS) is 11.9. The Morgan fingerprint density at radius 2 is 1.75 bits per heavy atom. The number of carbonyl (C=O) groups is 1. The van der Waals surface area contributed by atoms with Gasteiger partial charge in [-0.25, -0.2) is 4.79 Å². The number of benzene rings is 3. The molecule has 32 heavy (non-hydrogen) atoms. The van der Waals surface area contributed by atoms with Gasteiger partial charge in [-0.3, -0.25) is 4.79 Å². The summed E-state index contributed by atoms with van der Waals surface area (Å²) in [6.07, 6.45) is -1.05. The maximum absolute atomic E-state index is 13.2. The molecule has 5 nitrogen and oxygen atoms in total. The van der Waals surface area contributed by atoms with Gasteiger partial charge < -0.3 is 13.9 Å². The molecule has 0 aliphatic rings. The number of hydrogen-bond donors (Lipinski definition) is 0. The zero-order valence-electron chi connectivity index (χ0n) is 17.2. The molecule has 0 aliphatic heterocycles. The van der Waals surface area contributed by atoms with E-state index in [-0.39, 0.29) is 22.3 Å². The van der Waals surface area contributed by atoms with E-state index < -0.39 is 17.5 Å². The number of fused-ring (bicyclic) bond motifs is 1. The van der Waals surface area contributed by atoms with E-state index in [2.05, 4.69) is 0 Å². The van der Waals surface area contributed by atoms with Gasteiger partial charge in [0.2, 0.25) is 11.2 Å². The van der Waals surface area contributed by atoms with Crippen LogP contribution in [-0.2, 0) is 4.79 Å². The van der Waals surface area contributed by atoms with Crippen LogP contribution in [0.4, 0.5) is 0 Å². The van der Waals surface area contributed by atoms with E-state index in [4.69, 9.17) is 37.1 Å². The lowest BCUT2D eigenvalue weighted by atomic mass is 10.1. The van der Waals surface area contributed by atoms with Crippen molar-refractivity contribution in [3.8, 4) is 22.8 Å². The highest BCUT2D eigenvalue weighted by Gasteiger charge is 2.25. The number of hydrogen-bond acceptors (Lipinski definition) is 5. The highest BCUT2D eigenvalue weighted by Crippen LogP contribution is 2.32. The summed E-state index contributed by atoms with van der Waals surface area (Å²) in [5, 5.41) is 1.00. The van der Waals surface area contributed by atoms with E-state index in [1.165, 1.54) is 13.0 Å². The molecule has 3 aromatic carbocycles. The SMILES string of the molecule is Cc1ccc2c(=O)c(OC(=O)[C@H](C)Oc3ccc(Cl)cc3Cl)c(-c3ccccc3)oc2c1. The third-order valence-corrected chi connectivity index (χ3v) is 5.30. The summed E-state index contributed by atoms with van der Waals surface area (Å²) in [5.41, 5.74) is 1.50. The van der Waals surface area contributed by atoms with Gasteiger partial charge in [0.15, 0.2) is 11.9 Å². The predicted octanol–water partition coefficient (Wildman–Crippen LogP) is 6.45. The molecule has 0 aliphatic carbocycles. The summed E-state index contributed by atoms with van der Waals surface area (Å²) >= 11 is 12.0. The van der Waals surface area contributed by atoms with Gasteiger partial charge in [0.05, 0.1) is 10.4 Å². The summed E-state index contributed by atoms with van der Waals surface area (Å²) in [5.74, 6) is -0.536. The molecule has 4 rings (SSSR count). The van der Waals surface area contributed by atoms with Gasteiger partial charge in [0.25, 0.3) is 0 Å². The third kappa shape index (κ3) is 4.49. The Morgan fingerprint density at radius 3 is 2.47 bits per heavy atom. The van der Waals surface area contributed by atoms with Gasteiger partial charge in [-0.1, -0.05) is 59.6 Å². The average molecular weight is 469 g/mol. The summed E-state index contributed by atoms with van der Waals surface area (Å²) in [6, 6.07) is 18.8. The molecule has 0 saturated heterocycles. The van der Waals surface area contributed by atoms with Crippen molar-refractivity contribution in [2.24, 2.45) is 0 Å². The smallest absolute Gasteiger partial charge is 0.352 e. The van der Waals surface area contributed by atoms with Crippen molar-refractivity contribution in [1.29, 1.82) is 0 Å². The average Bonchev–Trinajstić information content (AvgIpc) is 2.77. The topological polar surface area (TPSA) is 65.7 Å². The molecular formula is C25H18Cl2O5. The van der Waals surface area contributed by atoms with Crippen LogP contribution in [0.2, 0.25) is 10.0 Å². The van der Waals surface area contributed by atoms with Crippen molar-refractivity contribution < 1.29 is 18.7 Å². The van der Waals surface area contributed by atoms with Crippen molar-refractivity contribution >= 4 is 40.1 Å². The van der Waals surface area contributed by atoms with Crippen LogP contribution in [-0.4, -0.2) is 12.1 Å². The molecule has 1 heterocycles. The molecule has 0 N–H and O–H groups in total. The van der Waals surface area contributed by atoms with Crippen molar-refractivity contribution in [2.75, 3.05) is 0 Å².